The molecule has 1 rings (SSSR count). The summed E-state index contributed by atoms with van der Waals surface area (Å²) in [5.74, 6) is 0. The molecule has 0 radical (unpaired) electrons. The van der Waals surface area contributed by atoms with Crippen molar-refractivity contribution in [1.82, 2.24) is 5.32 Å². The van der Waals surface area contributed by atoms with Gasteiger partial charge in [-0.1, -0.05) is 24.3 Å². The van der Waals surface area contributed by atoms with E-state index in [0.29, 0.717) is 19.8 Å². The average Bonchev–Trinajstić information content (AvgIpc) is 2.43. The Bertz CT molecular complexity index is 370. The molecule has 114 valence electrons. The zero-order valence-corrected chi connectivity index (χ0v) is 12.8. The molecule has 4 heteroatoms. The van der Waals surface area contributed by atoms with Gasteiger partial charge in [0.2, 0.25) is 0 Å². The summed E-state index contributed by atoms with van der Waals surface area (Å²) < 4.78 is 10.4. The second-order valence-electron chi connectivity index (χ2n) is 5.13. The molecule has 0 heterocycles. The lowest BCUT2D eigenvalue weighted by Gasteiger charge is -2.16. The number of methoxy groups -OCH3 is 1. The second kappa shape index (κ2) is 9.88. The van der Waals surface area contributed by atoms with Crippen molar-refractivity contribution in [1.29, 1.82) is 0 Å². The van der Waals surface area contributed by atoms with Gasteiger partial charge >= 0.3 is 0 Å². The monoisotopic (exact) mass is 281 g/mol. The van der Waals surface area contributed by atoms with Crippen LogP contribution in [0.2, 0.25) is 0 Å². The molecular weight excluding hydrogens is 254 g/mol. The molecule has 20 heavy (non-hydrogen) atoms. The summed E-state index contributed by atoms with van der Waals surface area (Å²) >= 11 is 0. The first-order chi connectivity index (χ1) is 9.63. The van der Waals surface area contributed by atoms with Crippen molar-refractivity contribution in [3.8, 4) is 0 Å². The lowest BCUT2D eigenvalue weighted by Crippen LogP contribution is -2.33. The summed E-state index contributed by atoms with van der Waals surface area (Å²) in [6, 6.07) is 8.37. The van der Waals surface area contributed by atoms with Gasteiger partial charge in [0.25, 0.3) is 0 Å². The van der Waals surface area contributed by atoms with Gasteiger partial charge in [-0.15, -0.1) is 0 Å². The molecule has 2 N–H and O–H groups in total. The Morgan fingerprint density at radius 3 is 2.70 bits per heavy atom. The molecule has 0 aliphatic heterocycles. The summed E-state index contributed by atoms with van der Waals surface area (Å²) in [6.07, 6.45) is 0.508. The quantitative estimate of drug-likeness (QED) is 0.639. The first kappa shape index (κ1) is 17.1. The summed E-state index contributed by atoms with van der Waals surface area (Å²) in [5, 5.41) is 13.0. The molecule has 0 saturated carbocycles. The Labute approximate surface area is 122 Å². The lowest BCUT2D eigenvalue weighted by molar-refractivity contribution is -0.0310. The molecule has 0 spiro atoms. The third kappa shape index (κ3) is 7.01. The van der Waals surface area contributed by atoms with Crippen molar-refractivity contribution >= 4 is 0 Å². The zero-order valence-electron chi connectivity index (χ0n) is 12.8. The van der Waals surface area contributed by atoms with Crippen LogP contribution in [0.3, 0.4) is 0 Å². The number of aliphatic hydroxyl groups excluding tert-OH is 1. The Morgan fingerprint density at radius 2 is 2.00 bits per heavy atom. The number of hydrogen-bond donors (Lipinski definition) is 2. The third-order valence-electron chi connectivity index (χ3n) is 3.19. The van der Waals surface area contributed by atoms with Gasteiger partial charge in [-0.25, -0.2) is 0 Å². The maximum Gasteiger partial charge on any atom is 0.0897 e. The van der Waals surface area contributed by atoms with Gasteiger partial charge in [-0.05, 0) is 37.9 Å². The molecule has 0 fully saturated rings. The topological polar surface area (TPSA) is 50.7 Å². The van der Waals surface area contributed by atoms with E-state index in [2.05, 4.69) is 36.5 Å². The van der Waals surface area contributed by atoms with Gasteiger partial charge in [0, 0.05) is 13.7 Å². The van der Waals surface area contributed by atoms with Crippen LogP contribution in [-0.2, 0) is 15.9 Å². The van der Waals surface area contributed by atoms with Gasteiger partial charge in [0.1, 0.15) is 0 Å². The van der Waals surface area contributed by atoms with Gasteiger partial charge in [0.15, 0.2) is 0 Å². The van der Waals surface area contributed by atoms with Crippen molar-refractivity contribution in [2.45, 2.75) is 32.5 Å². The number of nitrogens with one attached hydrogen (secondary N) is 1. The molecule has 4 nitrogen and oxygen atoms in total. The SMILES string of the molecule is COCC(C)OCC(O)CNCCc1ccccc1C. The maximum atomic E-state index is 9.79. The predicted octanol–water partition coefficient (Wildman–Crippen LogP) is 1.54. The highest BCUT2D eigenvalue weighted by atomic mass is 16.5. The van der Waals surface area contributed by atoms with E-state index in [4.69, 9.17) is 9.47 Å². The summed E-state index contributed by atoms with van der Waals surface area (Å²) in [7, 11) is 1.64. The molecule has 0 bridgehead atoms. The fourth-order valence-electron chi connectivity index (χ4n) is 2.00. The molecule has 1 aromatic rings. The summed E-state index contributed by atoms with van der Waals surface area (Å²) in [6.45, 7) is 6.34. The Balaban J connectivity index is 2.10. The van der Waals surface area contributed by atoms with E-state index in [0.717, 1.165) is 13.0 Å². The fraction of sp³-hybridized carbons (Fsp3) is 0.625. The lowest BCUT2D eigenvalue weighted by atomic mass is 10.1. The third-order valence-corrected chi connectivity index (χ3v) is 3.19. The van der Waals surface area contributed by atoms with Crippen molar-refractivity contribution in [2.75, 3.05) is 33.4 Å². The van der Waals surface area contributed by atoms with E-state index in [1.165, 1.54) is 11.1 Å². The van der Waals surface area contributed by atoms with Crippen LogP contribution in [0.15, 0.2) is 24.3 Å². The van der Waals surface area contributed by atoms with Gasteiger partial charge < -0.3 is 19.9 Å². The molecule has 0 aromatic heterocycles. The van der Waals surface area contributed by atoms with Crippen molar-refractivity contribution in [2.24, 2.45) is 0 Å². The summed E-state index contributed by atoms with van der Waals surface area (Å²) in [5.41, 5.74) is 2.66. The molecule has 0 aliphatic carbocycles. The van der Waals surface area contributed by atoms with E-state index in [1.54, 1.807) is 7.11 Å². The molecule has 0 amide bonds. The van der Waals surface area contributed by atoms with E-state index in [1.807, 2.05) is 6.92 Å². The molecule has 1 aromatic carbocycles. The second-order valence-corrected chi connectivity index (χ2v) is 5.13. The van der Waals surface area contributed by atoms with E-state index >= 15 is 0 Å². The van der Waals surface area contributed by atoms with Crippen LogP contribution in [0.5, 0.6) is 0 Å². The highest BCUT2D eigenvalue weighted by Crippen LogP contribution is 2.06. The Hall–Kier alpha value is -0.940. The van der Waals surface area contributed by atoms with Gasteiger partial charge in [0.05, 0.1) is 25.4 Å². The van der Waals surface area contributed by atoms with E-state index in [9.17, 15) is 5.11 Å². The molecule has 0 aliphatic rings. The smallest absolute Gasteiger partial charge is 0.0897 e. The molecular formula is C16H27NO3. The minimum absolute atomic E-state index is 0.0154. The number of hydrogen-bond acceptors (Lipinski definition) is 4. The minimum atomic E-state index is -0.480. The van der Waals surface area contributed by atoms with Crippen molar-refractivity contribution in [3.05, 3.63) is 35.4 Å². The maximum absolute atomic E-state index is 9.79. The Kier molecular flexibility index (Phi) is 8.46. The van der Waals surface area contributed by atoms with Gasteiger partial charge in [-0.3, -0.25) is 0 Å². The number of aryl methyl sites for hydroxylation is 1. The Morgan fingerprint density at radius 1 is 1.25 bits per heavy atom. The van der Waals surface area contributed by atoms with Crippen LogP contribution in [0.1, 0.15) is 18.1 Å². The van der Waals surface area contributed by atoms with Crippen LogP contribution in [0.4, 0.5) is 0 Å². The number of aliphatic hydroxyl groups is 1. The summed E-state index contributed by atoms with van der Waals surface area (Å²) in [4.78, 5) is 0. The predicted molar refractivity (Wildman–Crippen MR) is 81.0 cm³/mol. The number of benzene rings is 1. The number of rotatable bonds is 10. The molecule has 2 atom stereocenters. The minimum Gasteiger partial charge on any atom is -0.389 e. The highest BCUT2D eigenvalue weighted by Gasteiger charge is 2.07. The van der Waals surface area contributed by atoms with Gasteiger partial charge in [-0.2, -0.15) is 0 Å². The first-order valence-electron chi connectivity index (χ1n) is 7.17. The highest BCUT2D eigenvalue weighted by molar-refractivity contribution is 5.25. The molecule has 2 unspecified atom stereocenters. The van der Waals surface area contributed by atoms with Crippen LogP contribution in [0.25, 0.3) is 0 Å². The average molecular weight is 281 g/mol. The fourth-order valence-corrected chi connectivity index (χ4v) is 2.00. The standard InChI is InChI=1S/C16H27NO3/c1-13-6-4-5-7-15(13)8-9-17-10-16(18)12-20-14(2)11-19-3/h4-7,14,16-18H,8-12H2,1-3H3. The zero-order chi connectivity index (χ0) is 14.8. The van der Waals surface area contributed by atoms with E-state index in [-0.39, 0.29) is 6.10 Å². The van der Waals surface area contributed by atoms with Crippen molar-refractivity contribution in [3.63, 3.8) is 0 Å². The largest absolute Gasteiger partial charge is 0.389 e. The van der Waals surface area contributed by atoms with Crippen LogP contribution >= 0.6 is 0 Å². The van der Waals surface area contributed by atoms with Crippen LogP contribution < -0.4 is 5.32 Å². The van der Waals surface area contributed by atoms with E-state index < -0.39 is 6.10 Å². The number of ether oxygens (including phenoxy) is 2. The molecule has 0 saturated heterocycles. The van der Waals surface area contributed by atoms with Crippen LogP contribution in [0, 0.1) is 6.92 Å². The van der Waals surface area contributed by atoms with Crippen LogP contribution in [-0.4, -0.2) is 50.7 Å². The normalized spacial score (nSPS) is 14.2. The van der Waals surface area contributed by atoms with Crippen molar-refractivity contribution < 1.29 is 14.6 Å². The first-order valence-corrected chi connectivity index (χ1v) is 7.17.